The molecule has 0 radical (unpaired) electrons. The van der Waals surface area contributed by atoms with Gasteiger partial charge in [0.25, 0.3) is 0 Å². The molecule has 21 heavy (non-hydrogen) atoms. The van der Waals surface area contributed by atoms with Gasteiger partial charge in [0.15, 0.2) is 0 Å². The zero-order valence-electron chi connectivity index (χ0n) is 11.2. The maximum absolute atomic E-state index is 12.9. The van der Waals surface area contributed by atoms with E-state index >= 15 is 0 Å². The number of hydrogen-bond acceptors (Lipinski definition) is 4. The summed E-state index contributed by atoms with van der Waals surface area (Å²) in [5.41, 5.74) is 3.93. The van der Waals surface area contributed by atoms with Crippen LogP contribution in [0.15, 0.2) is 48.0 Å². The minimum atomic E-state index is -0.301. The van der Waals surface area contributed by atoms with Crippen LogP contribution in [-0.2, 0) is 0 Å². The molecule has 0 bridgehead atoms. The molecule has 1 aliphatic heterocycles. The highest BCUT2D eigenvalue weighted by molar-refractivity contribution is 5.64. The summed E-state index contributed by atoms with van der Waals surface area (Å²) in [6, 6.07) is 11.3. The molecule has 5 heteroatoms. The monoisotopic (exact) mass is 287 g/mol. The van der Waals surface area contributed by atoms with Gasteiger partial charge in [-0.15, -0.1) is 0 Å². The van der Waals surface area contributed by atoms with Gasteiger partial charge in [0.2, 0.25) is 0 Å². The Balaban J connectivity index is 1.82. The second-order valence-corrected chi connectivity index (χ2v) is 4.68. The maximum atomic E-state index is 12.9. The van der Waals surface area contributed by atoms with E-state index in [1.807, 2.05) is 18.2 Å². The van der Waals surface area contributed by atoms with E-state index in [1.54, 1.807) is 18.2 Å². The minimum Gasteiger partial charge on any atom is -0.489 e. The van der Waals surface area contributed by atoms with Gasteiger partial charge in [-0.2, -0.15) is 0 Å². The SMILES string of the molecule is ONCC1=Cc2cc(Oc3ccc(F)cc3)ccc2OC1. The van der Waals surface area contributed by atoms with Crippen LogP contribution in [0.25, 0.3) is 6.08 Å². The van der Waals surface area contributed by atoms with Crippen LogP contribution < -0.4 is 15.0 Å². The predicted octanol–water partition coefficient (Wildman–Crippen LogP) is 3.37. The summed E-state index contributed by atoms with van der Waals surface area (Å²) in [4.78, 5) is 0. The first-order chi connectivity index (χ1) is 10.2. The van der Waals surface area contributed by atoms with Gasteiger partial charge >= 0.3 is 0 Å². The van der Waals surface area contributed by atoms with E-state index < -0.39 is 0 Å². The van der Waals surface area contributed by atoms with Crippen molar-refractivity contribution in [1.29, 1.82) is 0 Å². The third-order valence-corrected chi connectivity index (χ3v) is 3.11. The largest absolute Gasteiger partial charge is 0.489 e. The molecule has 2 aromatic rings. The Morgan fingerprint density at radius 2 is 1.90 bits per heavy atom. The Morgan fingerprint density at radius 3 is 2.67 bits per heavy atom. The Morgan fingerprint density at radius 1 is 1.14 bits per heavy atom. The first kappa shape index (κ1) is 13.6. The summed E-state index contributed by atoms with van der Waals surface area (Å²) in [5, 5.41) is 8.74. The Hall–Kier alpha value is -2.37. The summed E-state index contributed by atoms with van der Waals surface area (Å²) >= 11 is 0. The van der Waals surface area contributed by atoms with Gasteiger partial charge in [0.1, 0.15) is 29.7 Å². The molecule has 0 aromatic heterocycles. The van der Waals surface area contributed by atoms with Gasteiger partial charge < -0.3 is 14.7 Å². The van der Waals surface area contributed by atoms with Gasteiger partial charge in [0.05, 0.1) is 0 Å². The summed E-state index contributed by atoms with van der Waals surface area (Å²) in [7, 11) is 0. The Bertz CT molecular complexity index is 668. The van der Waals surface area contributed by atoms with Crippen molar-refractivity contribution in [2.45, 2.75) is 0 Å². The van der Waals surface area contributed by atoms with Crippen molar-refractivity contribution in [2.75, 3.05) is 13.2 Å². The summed E-state index contributed by atoms with van der Waals surface area (Å²) in [5.74, 6) is 1.67. The van der Waals surface area contributed by atoms with Crippen molar-refractivity contribution >= 4 is 6.08 Å². The molecule has 3 rings (SSSR count). The molecule has 0 saturated carbocycles. The van der Waals surface area contributed by atoms with Crippen molar-refractivity contribution in [3.8, 4) is 17.2 Å². The highest BCUT2D eigenvalue weighted by atomic mass is 19.1. The smallest absolute Gasteiger partial charge is 0.128 e. The average Bonchev–Trinajstić information content (AvgIpc) is 2.50. The van der Waals surface area contributed by atoms with Crippen molar-refractivity contribution in [3.63, 3.8) is 0 Å². The van der Waals surface area contributed by atoms with Gasteiger partial charge in [-0.1, -0.05) is 0 Å². The molecule has 1 aliphatic rings. The molecule has 1 heterocycles. The Labute approximate surface area is 121 Å². The molecule has 2 N–H and O–H groups in total. The highest BCUT2D eigenvalue weighted by Crippen LogP contribution is 2.31. The van der Waals surface area contributed by atoms with Crippen LogP contribution in [0, 0.1) is 5.82 Å². The molecule has 0 fully saturated rings. The lowest BCUT2D eigenvalue weighted by molar-refractivity contribution is 0.173. The van der Waals surface area contributed by atoms with Gasteiger partial charge in [-0.3, -0.25) is 0 Å². The molecule has 0 spiro atoms. The number of nitrogens with one attached hydrogen (secondary N) is 1. The topological polar surface area (TPSA) is 50.7 Å². The van der Waals surface area contributed by atoms with Crippen molar-refractivity contribution in [1.82, 2.24) is 5.48 Å². The summed E-state index contributed by atoms with van der Waals surface area (Å²) < 4.78 is 24.1. The number of hydroxylamine groups is 1. The van der Waals surface area contributed by atoms with Crippen LogP contribution in [0.1, 0.15) is 5.56 Å². The lowest BCUT2D eigenvalue weighted by atomic mass is 10.1. The standard InChI is InChI=1S/C16H14FNO3/c17-13-1-3-14(4-2-13)21-15-5-6-16-12(8-15)7-11(9-18-19)10-20-16/h1-8,18-19H,9-10H2. The molecule has 0 aliphatic carbocycles. The van der Waals surface area contributed by atoms with Crippen molar-refractivity contribution in [3.05, 3.63) is 59.4 Å². The van der Waals surface area contributed by atoms with Gasteiger partial charge in [-0.05, 0) is 54.1 Å². The van der Waals surface area contributed by atoms with Gasteiger partial charge in [-0.25, -0.2) is 9.87 Å². The van der Waals surface area contributed by atoms with Crippen LogP contribution in [0.5, 0.6) is 17.2 Å². The number of halogens is 1. The molecule has 0 saturated heterocycles. The van der Waals surface area contributed by atoms with E-state index in [-0.39, 0.29) is 5.82 Å². The zero-order chi connectivity index (χ0) is 14.7. The van der Waals surface area contributed by atoms with Crippen molar-refractivity contribution < 1.29 is 19.1 Å². The molecule has 108 valence electrons. The third kappa shape index (κ3) is 3.21. The minimum absolute atomic E-state index is 0.301. The number of ether oxygens (including phenoxy) is 2. The highest BCUT2D eigenvalue weighted by Gasteiger charge is 2.12. The molecular formula is C16H14FNO3. The zero-order valence-corrected chi connectivity index (χ0v) is 11.2. The lowest BCUT2D eigenvalue weighted by Gasteiger charge is -2.18. The third-order valence-electron chi connectivity index (χ3n) is 3.11. The van der Waals surface area contributed by atoms with Crippen LogP contribution in [0.4, 0.5) is 4.39 Å². The van der Waals surface area contributed by atoms with E-state index in [0.717, 1.165) is 16.9 Å². The van der Waals surface area contributed by atoms with Gasteiger partial charge in [0, 0.05) is 12.1 Å². The fourth-order valence-corrected chi connectivity index (χ4v) is 2.11. The predicted molar refractivity (Wildman–Crippen MR) is 76.2 cm³/mol. The fraction of sp³-hybridized carbons (Fsp3) is 0.125. The molecule has 0 amide bonds. The Kier molecular flexibility index (Phi) is 3.85. The van der Waals surface area contributed by atoms with E-state index in [1.165, 1.54) is 12.1 Å². The average molecular weight is 287 g/mol. The normalized spacial score (nSPS) is 13.1. The van der Waals surface area contributed by atoms with Crippen LogP contribution in [0.3, 0.4) is 0 Å². The first-order valence-electron chi connectivity index (χ1n) is 6.51. The van der Waals surface area contributed by atoms with E-state index in [4.69, 9.17) is 14.7 Å². The molecule has 2 aromatic carbocycles. The molecule has 0 atom stereocenters. The van der Waals surface area contributed by atoms with Crippen LogP contribution >= 0.6 is 0 Å². The quantitative estimate of drug-likeness (QED) is 0.846. The van der Waals surface area contributed by atoms with E-state index in [9.17, 15) is 4.39 Å². The van der Waals surface area contributed by atoms with Crippen molar-refractivity contribution in [2.24, 2.45) is 0 Å². The van der Waals surface area contributed by atoms with Crippen LogP contribution in [0.2, 0.25) is 0 Å². The summed E-state index contributed by atoms with van der Waals surface area (Å²) in [6.45, 7) is 0.793. The maximum Gasteiger partial charge on any atom is 0.128 e. The number of hydrogen-bond donors (Lipinski definition) is 2. The summed E-state index contributed by atoms with van der Waals surface area (Å²) in [6.07, 6.45) is 1.94. The number of rotatable bonds is 4. The molecule has 4 nitrogen and oxygen atoms in total. The molecule has 0 unspecified atom stereocenters. The second-order valence-electron chi connectivity index (χ2n) is 4.68. The lowest BCUT2D eigenvalue weighted by Crippen LogP contribution is -2.18. The number of fused-ring (bicyclic) bond motifs is 1. The van der Waals surface area contributed by atoms with E-state index in [0.29, 0.717) is 24.7 Å². The number of benzene rings is 2. The fourth-order valence-electron chi connectivity index (χ4n) is 2.11. The second kappa shape index (κ2) is 5.95. The first-order valence-corrected chi connectivity index (χ1v) is 6.51. The molecular weight excluding hydrogens is 273 g/mol. The van der Waals surface area contributed by atoms with E-state index in [2.05, 4.69) is 5.48 Å². The van der Waals surface area contributed by atoms with Crippen LogP contribution in [-0.4, -0.2) is 18.4 Å².